The summed E-state index contributed by atoms with van der Waals surface area (Å²) >= 11 is 0. The fraction of sp³-hybridized carbons (Fsp3) is 0.211. The number of aryl methyl sites for hydroxylation is 1. The highest BCUT2D eigenvalue weighted by atomic mass is 32.2. The lowest BCUT2D eigenvalue weighted by Crippen LogP contribution is -2.12. The first kappa shape index (κ1) is 18.8. The Morgan fingerprint density at radius 3 is 2.44 bits per heavy atom. The number of aliphatic carboxylic acids is 1. The highest BCUT2D eigenvalue weighted by Crippen LogP contribution is 2.32. The maximum atomic E-state index is 13.2. The molecular formula is C19H19NO6S. The Bertz CT molecular complexity index is 1100. The van der Waals surface area contributed by atoms with Crippen molar-refractivity contribution in [2.24, 2.45) is 0 Å². The monoisotopic (exact) mass is 389 g/mol. The topological polar surface area (TPSA) is 94.8 Å². The normalized spacial score (nSPS) is 11.5. The van der Waals surface area contributed by atoms with Gasteiger partial charge in [0.1, 0.15) is 0 Å². The lowest BCUT2D eigenvalue weighted by molar-refractivity contribution is -0.136. The van der Waals surface area contributed by atoms with E-state index in [1.807, 2.05) is 0 Å². The molecule has 2 aromatic carbocycles. The van der Waals surface area contributed by atoms with Crippen molar-refractivity contribution in [3.63, 3.8) is 0 Å². The molecule has 0 aliphatic rings. The highest BCUT2D eigenvalue weighted by molar-refractivity contribution is 7.90. The Balaban J connectivity index is 2.15. The van der Waals surface area contributed by atoms with Crippen molar-refractivity contribution >= 4 is 26.9 Å². The molecule has 1 N–H and O–H groups in total. The van der Waals surface area contributed by atoms with Crippen LogP contribution in [0.4, 0.5) is 0 Å². The van der Waals surface area contributed by atoms with Crippen LogP contribution in [0.25, 0.3) is 10.9 Å². The zero-order valence-electron chi connectivity index (χ0n) is 14.9. The predicted octanol–water partition coefficient (Wildman–Crippen LogP) is 2.91. The molecule has 0 saturated heterocycles. The number of ether oxygens (including phenoxy) is 2. The fourth-order valence-electron chi connectivity index (χ4n) is 2.95. The first-order chi connectivity index (χ1) is 12.9. The van der Waals surface area contributed by atoms with Gasteiger partial charge in [0.05, 0.1) is 24.6 Å². The summed E-state index contributed by atoms with van der Waals surface area (Å²) in [5.41, 5.74) is 1.16. The number of para-hydroxylation sites is 1. The number of nitrogens with zero attached hydrogens (tertiary/aromatic N) is 1. The summed E-state index contributed by atoms with van der Waals surface area (Å²) in [5.74, 6) is -0.202. The van der Waals surface area contributed by atoms with Crippen LogP contribution in [0.1, 0.15) is 12.0 Å². The maximum absolute atomic E-state index is 13.2. The maximum Gasteiger partial charge on any atom is 0.303 e. The lowest BCUT2D eigenvalue weighted by Gasteiger charge is -2.11. The third kappa shape index (κ3) is 3.48. The number of benzene rings is 2. The highest BCUT2D eigenvalue weighted by Gasteiger charge is 2.23. The van der Waals surface area contributed by atoms with Gasteiger partial charge in [0, 0.05) is 24.1 Å². The molecule has 27 heavy (non-hydrogen) atoms. The van der Waals surface area contributed by atoms with Gasteiger partial charge in [-0.25, -0.2) is 12.4 Å². The van der Waals surface area contributed by atoms with Crippen LogP contribution >= 0.6 is 0 Å². The number of rotatable bonds is 7. The van der Waals surface area contributed by atoms with E-state index in [1.165, 1.54) is 42.6 Å². The second-order valence-corrected chi connectivity index (χ2v) is 7.70. The van der Waals surface area contributed by atoms with Crippen LogP contribution in [0, 0.1) is 0 Å². The van der Waals surface area contributed by atoms with Crippen molar-refractivity contribution in [1.29, 1.82) is 0 Å². The largest absolute Gasteiger partial charge is 0.493 e. The van der Waals surface area contributed by atoms with Gasteiger partial charge in [-0.1, -0.05) is 18.2 Å². The molecule has 0 saturated carbocycles. The fourth-order valence-corrected chi connectivity index (χ4v) is 4.36. The van der Waals surface area contributed by atoms with E-state index in [0.717, 1.165) is 0 Å². The van der Waals surface area contributed by atoms with E-state index in [1.54, 1.807) is 24.3 Å². The third-order valence-corrected chi connectivity index (χ3v) is 5.95. The van der Waals surface area contributed by atoms with Gasteiger partial charge in [-0.15, -0.1) is 0 Å². The van der Waals surface area contributed by atoms with Crippen molar-refractivity contribution in [3.8, 4) is 11.5 Å². The van der Waals surface area contributed by atoms with E-state index in [2.05, 4.69) is 0 Å². The molecule has 0 spiro atoms. The van der Waals surface area contributed by atoms with Gasteiger partial charge in [-0.3, -0.25) is 4.79 Å². The van der Waals surface area contributed by atoms with E-state index in [9.17, 15) is 13.2 Å². The number of hydrogen-bond acceptors (Lipinski definition) is 5. The van der Waals surface area contributed by atoms with Crippen molar-refractivity contribution in [1.82, 2.24) is 3.97 Å². The number of carboxylic acids is 1. The Labute approximate surface area is 156 Å². The number of fused-ring (bicyclic) bond motifs is 1. The average Bonchev–Trinajstić information content (AvgIpc) is 3.05. The van der Waals surface area contributed by atoms with Crippen LogP contribution in [0.2, 0.25) is 0 Å². The van der Waals surface area contributed by atoms with Crippen LogP contribution in [-0.2, 0) is 21.2 Å². The number of methoxy groups -OCH3 is 2. The minimum atomic E-state index is -3.91. The molecule has 142 valence electrons. The Morgan fingerprint density at radius 1 is 1.07 bits per heavy atom. The SMILES string of the molecule is COc1ccc(S(=O)(=O)n2cc(CCC(=O)O)c3ccccc32)cc1OC. The third-order valence-electron chi connectivity index (χ3n) is 4.28. The summed E-state index contributed by atoms with van der Waals surface area (Å²) in [6.45, 7) is 0. The Kier molecular flexibility index (Phi) is 5.09. The van der Waals surface area contributed by atoms with Crippen LogP contribution in [-0.4, -0.2) is 37.7 Å². The van der Waals surface area contributed by atoms with Crippen LogP contribution in [0.3, 0.4) is 0 Å². The lowest BCUT2D eigenvalue weighted by atomic mass is 10.1. The molecule has 8 heteroatoms. The van der Waals surface area contributed by atoms with E-state index in [4.69, 9.17) is 14.6 Å². The summed E-state index contributed by atoms with van der Waals surface area (Å²) in [4.78, 5) is 11.0. The summed E-state index contributed by atoms with van der Waals surface area (Å²) in [6, 6.07) is 11.4. The molecule has 0 radical (unpaired) electrons. The van der Waals surface area contributed by atoms with Gasteiger partial charge < -0.3 is 14.6 Å². The van der Waals surface area contributed by atoms with E-state index in [-0.39, 0.29) is 17.7 Å². The van der Waals surface area contributed by atoms with Crippen molar-refractivity contribution in [2.45, 2.75) is 17.7 Å². The Hall–Kier alpha value is -3.00. The molecule has 1 aromatic heterocycles. The quantitative estimate of drug-likeness (QED) is 0.668. The zero-order chi connectivity index (χ0) is 19.6. The average molecular weight is 389 g/mol. The standard InChI is InChI=1S/C19H19NO6S/c1-25-17-9-8-14(11-18(17)26-2)27(23,24)20-12-13(7-10-19(21)22)15-5-3-4-6-16(15)20/h3-6,8-9,11-12H,7,10H2,1-2H3,(H,21,22). The minimum Gasteiger partial charge on any atom is -0.493 e. The summed E-state index contributed by atoms with van der Waals surface area (Å²) < 4.78 is 38.0. The summed E-state index contributed by atoms with van der Waals surface area (Å²) in [5, 5.41) is 9.66. The second kappa shape index (κ2) is 7.32. The van der Waals surface area contributed by atoms with E-state index < -0.39 is 16.0 Å². The van der Waals surface area contributed by atoms with Crippen molar-refractivity contribution in [2.75, 3.05) is 14.2 Å². The molecule has 0 aliphatic carbocycles. The minimum absolute atomic E-state index is 0.0469. The van der Waals surface area contributed by atoms with E-state index >= 15 is 0 Å². The number of hydrogen-bond donors (Lipinski definition) is 1. The molecule has 0 fully saturated rings. The van der Waals surface area contributed by atoms with Crippen LogP contribution in [0.5, 0.6) is 11.5 Å². The molecule has 0 aliphatic heterocycles. The van der Waals surface area contributed by atoms with Crippen LogP contribution in [0.15, 0.2) is 53.6 Å². The van der Waals surface area contributed by atoms with Gasteiger partial charge in [0.15, 0.2) is 11.5 Å². The molecular weight excluding hydrogens is 370 g/mol. The molecule has 0 unspecified atom stereocenters. The second-order valence-electron chi connectivity index (χ2n) is 5.88. The summed E-state index contributed by atoms with van der Waals surface area (Å²) in [7, 11) is -1.00. The number of aromatic nitrogens is 1. The van der Waals surface area contributed by atoms with Gasteiger partial charge >= 0.3 is 5.97 Å². The molecule has 1 heterocycles. The first-order valence-electron chi connectivity index (χ1n) is 8.17. The van der Waals surface area contributed by atoms with Crippen molar-refractivity contribution < 1.29 is 27.8 Å². The predicted molar refractivity (Wildman–Crippen MR) is 100 cm³/mol. The smallest absolute Gasteiger partial charge is 0.303 e. The Morgan fingerprint density at radius 2 is 1.78 bits per heavy atom. The van der Waals surface area contributed by atoms with Crippen molar-refractivity contribution in [3.05, 3.63) is 54.2 Å². The van der Waals surface area contributed by atoms with Gasteiger partial charge in [-0.05, 0) is 30.2 Å². The molecule has 0 atom stereocenters. The van der Waals surface area contributed by atoms with Gasteiger partial charge in [0.2, 0.25) is 0 Å². The molecule has 7 nitrogen and oxygen atoms in total. The number of carbonyl (C=O) groups is 1. The first-order valence-corrected chi connectivity index (χ1v) is 9.61. The molecule has 3 rings (SSSR count). The van der Waals surface area contributed by atoms with Crippen LogP contribution < -0.4 is 9.47 Å². The molecule has 3 aromatic rings. The van der Waals surface area contributed by atoms with E-state index in [0.29, 0.717) is 28.0 Å². The molecule has 0 amide bonds. The zero-order valence-corrected chi connectivity index (χ0v) is 15.7. The molecule has 0 bridgehead atoms. The van der Waals surface area contributed by atoms with Gasteiger partial charge in [-0.2, -0.15) is 0 Å². The summed E-state index contributed by atoms with van der Waals surface area (Å²) in [6.07, 6.45) is 1.65. The number of carboxylic acid groups (broad SMARTS) is 1. The van der Waals surface area contributed by atoms with Gasteiger partial charge in [0.25, 0.3) is 10.0 Å².